The average Bonchev–Trinajstić information content (AvgIpc) is 3.03. The monoisotopic (exact) mass is 327 g/mol. The van der Waals surface area contributed by atoms with Crippen LogP contribution in [-0.4, -0.2) is 41.1 Å². The second kappa shape index (κ2) is 5.90. The molecule has 2 N–H and O–H groups in total. The molecular formula is C17H21N5O2. The summed E-state index contributed by atoms with van der Waals surface area (Å²) in [5.41, 5.74) is 2.82. The van der Waals surface area contributed by atoms with Crippen molar-refractivity contribution < 1.29 is 9.59 Å². The van der Waals surface area contributed by atoms with Crippen molar-refractivity contribution in [2.75, 3.05) is 24.5 Å². The van der Waals surface area contributed by atoms with Gasteiger partial charge in [0.15, 0.2) is 0 Å². The molecule has 2 saturated heterocycles. The van der Waals surface area contributed by atoms with Gasteiger partial charge in [0.1, 0.15) is 0 Å². The molecule has 4 rings (SSSR count). The second-order valence-electron chi connectivity index (χ2n) is 6.45. The summed E-state index contributed by atoms with van der Waals surface area (Å²) in [5.74, 6) is -0.222. The molecule has 2 aliphatic heterocycles. The number of anilines is 1. The summed E-state index contributed by atoms with van der Waals surface area (Å²) >= 11 is 0. The number of fused-ring (bicyclic) bond motifs is 1. The zero-order valence-corrected chi connectivity index (χ0v) is 13.7. The number of piperidine rings is 1. The molecule has 126 valence electrons. The highest BCUT2D eigenvalue weighted by Crippen LogP contribution is 2.33. The molecule has 0 unspecified atom stereocenters. The molecule has 0 spiro atoms. The third kappa shape index (κ3) is 2.45. The van der Waals surface area contributed by atoms with Gasteiger partial charge in [0, 0.05) is 30.6 Å². The van der Waals surface area contributed by atoms with Crippen molar-refractivity contribution in [3.63, 3.8) is 0 Å². The molecule has 0 saturated carbocycles. The second-order valence-corrected chi connectivity index (χ2v) is 6.45. The van der Waals surface area contributed by atoms with Gasteiger partial charge in [0.05, 0.1) is 23.1 Å². The number of hydrogen-bond acceptors (Lipinski definition) is 4. The van der Waals surface area contributed by atoms with Crippen molar-refractivity contribution in [3.05, 3.63) is 24.2 Å². The summed E-state index contributed by atoms with van der Waals surface area (Å²) in [5, 5.41) is 6.79. The molecule has 0 bridgehead atoms. The minimum absolute atomic E-state index is 0.222. The van der Waals surface area contributed by atoms with Gasteiger partial charge in [-0.1, -0.05) is 0 Å². The largest absolute Gasteiger partial charge is 0.343 e. The van der Waals surface area contributed by atoms with Gasteiger partial charge < -0.3 is 9.88 Å². The van der Waals surface area contributed by atoms with E-state index in [1.807, 2.05) is 6.92 Å². The highest BCUT2D eigenvalue weighted by molar-refractivity contribution is 6.09. The zero-order valence-electron chi connectivity index (χ0n) is 13.7. The van der Waals surface area contributed by atoms with Crippen molar-refractivity contribution >= 4 is 28.5 Å². The van der Waals surface area contributed by atoms with Crippen LogP contribution in [-0.2, 0) is 4.79 Å². The first-order chi connectivity index (χ1) is 11.6. The van der Waals surface area contributed by atoms with Gasteiger partial charge in [0.25, 0.3) is 0 Å². The van der Waals surface area contributed by atoms with Gasteiger partial charge in [-0.05, 0) is 38.9 Å². The normalized spacial score (nSPS) is 19.8. The van der Waals surface area contributed by atoms with Crippen molar-refractivity contribution in [2.45, 2.75) is 32.2 Å². The van der Waals surface area contributed by atoms with Crippen LogP contribution in [0.3, 0.4) is 0 Å². The Labute approximate surface area is 140 Å². The van der Waals surface area contributed by atoms with Gasteiger partial charge in [0.2, 0.25) is 5.91 Å². The van der Waals surface area contributed by atoms with Gasteiger partial charge >= 0.3 is 6.03 Å². The molecule has 2 aromatic heterocycles. The minimum Gasteiger partial charge on any atom is -0.343 e. The Kier molecular flexibility index (Phi) is 3.72. The van der Waals surface area contributed by atoms with Crippen LogP contribution < -0.4 is 15.5 Å². The van der Waals surface area contributed by atoms with Gasteiger partial charge in [-0.25, -0.2) is 4.79 Å². The summed E-state index contributed by atoms with van der Waals surface area (Å²) in [6.45, 7) is 4.44. The first kappa shape index (κ1) is 15.1. The lowest BCUT2D eigenvalue weighted by atomic mass is 10.1. The molecule has 2 aromatic rings. The maximum absolute atomic E-state index is 12.2. The fourth-order valence-electron chi connectivity index (χ4n) is 3.72. The molecule has 24 heavy (non-hydrogen) atoms. The van der Waals surface area contributed by atoms with Crippen LogP contribution in [0, 0.1) is 6.92 Å². The number of aromatic nitrogens is 2. The lowest BCUT2D eigenvalue weighted by Gasteiger charge is -2.28. The number of nitrogens with zero attached hydrogens (tertiary/aromatic N) is 3. The molecular weight excluding hydrogens is 306 g/mol. The Morgan fingerprint density at radius 1 is 1.25 bits per heavy atom. The number of pyridine rings is 1. The number of hydrogen-bond donors (Lipinski definition) is 2. The third-order valence-corrected chi connectivity index (χ3v) is 4.96. The summed E-state index contributed by atoms with van der Waals surface area (Å²) < 4.78 is 2.30. The van der Waals surface area contributed by atoms with Crippen LogP contribution in [0.25, 0.3) is 10.9 Å². The van der Waals surface area contributed by atoms with Gasteiger partial charge in [-0.3, -0.25) is 20.0 Å². The molecule has 7 nitrogen and oxygen atoms in total. The maximum Gasteiger partial charge on any atom is 0.328 e. The number of nitrogens with one attached hydrogen (secondary N) is 2. The molecule has 0 aliphatic carbocycles. The molecule has 2 aliphatic rings. The third-order valence-electron chi connectivity index (χ3n) is 4.96. The number of carbonyl (C=O) groups is 2. The van der Waals surface area contributed by atoms with Crippen molar-refractivity contribution in [1.82, 2.24) is 20.2 Å². The number of carbonyl (C=O) groups excluding carboxylic acids is 2. The van der Waals surface area contributed by atoms with Gasteiger partial charge in [-0.15, -0.1) is 0 Å². The van der Waals surface area contributed by atoms with E-state index in [4.69, 9.17) is 0 Å². The lowest BCUT2D eigenvalue weighted by molar-refractivity contribution is -0.120. The fourth-order valence-corrected chi connectivity index (χ4v) is 3.72. The summed E-state index contributed by atoms with van der Waals surface area (Å²) in [7, 11) is 0. The lowest BCUT2D eigenvalue weighted by Crippen LogP contribution is -2.49. The van der Waals surface area contributed by atoms with E-state index in [0.29, 0.717) is 19.0 Å². The highest BCUT2D eigenvalue weighted by Gasteiger charge is 2.27. The van der Waals surface area contributed by atoms with E-state index >= 15 is 0 Å². The zero-order chi connectivity index (χ0) is 16.7. The molecule has 3 amide bonds. The molecule has 0 atom stereocenters. The Hall–Kier alpha value is -2.41. The number of imide groups is 1. The Morgan fingerprint density at radius 2 is 2.04 bits per heavy atom. The van der Waals surface area contributed by atoms with Crippen LogP contribution in [0.4, 0.5) is 10.5 Å². The number of amides is 3. The van der Waals surface area contributed by atoms with Crippen molar-refractivity contribution in [2.24, 2.45) is 0 Å². The topological polar surface area (TPSA) is 79.3 Å². The van der Waals surface area contributed by atoms with Crippen LogP contribution in [0.15, 0.2) is 18.5 Å². The fraction of sp³-hybridized carbons (Fsp3) is 0.471. The van der Waals surface area contributed by atoms with E-state index in [9.17, 15) is 9.59 Å². The Bertz CT molecular complexity index is 807. The van der Waals surface area contributed by atoms with Crippen LogP contribution in [0.5, 0.6) is 0 Å². The summed E-state index contributed by atoms with van der Waals surface area (Å²) in [6.07, 6.45) is 6.33. The predicted octanol–water partition coefficient (Wildman–Crippen LogP) is 1.72. The van der Waals surface area contributed by atoms with E-state index in [-0.39, 0.29) is 11.9 Å². The van der Waals surface area contributed by atoms with E-state index in [1.54, 1.807) is 11.1 Å². The van der Waals surface area contributed by atoms with Crippen molar-refractivity contribution in [1.29, 1.82) is 0 Å². The molecule has 0 aromatic carbocycles. The van der Waals surface area contributed by atoms with Crippen LogP contribution in [0.1, 0.15) is 31.0 Å². The predicted molar refractivity (Wildman–Crippen MR) is 91.1 cm³/mol. The Morgan fingerprint density at radius 3 is 2.79 bits per heavy atom. The number of rotatable bonds is 2. The average molecular weight is 327 g/mol. The van der Waals surface area contributed by atoms with E-state index in [1.165, 1.54) is 0 Å². The standard InChI is InChI=1S/C17H21N5O2/c1-11-16-13(4-8-21(16)12-2-6-18-7-3-12)14(10-19-11)22-9-5-15(23)20-17(22)24/h4,8,10,12,18H,2-3,5-7,9H2,1H3,(H,20,23,24). The van der Waals surface area contributed by atoms with E-state index in [2.05, 4.69) is 32.4 Å². The van der Waals surface area contributed by atoms with Crippen molar-refractivity contribution in [3.8, 4) is 0 Å². The van der Waals surface area contributed by atoms with E-state index < -0.39 is 0 Å². The SMILES string of the molecule is Cc1ncc(N2CCC(=O)NC2=O)c2ccn(C3CCNCC3)c12. The quantitative estimate of drug-likeness (QED) is 0.880. The molecule has 7 heteroatoms. The number of aryl methyl sites for hydroxylation is 1. The molecule has 2 fully saturated rings. The molecule has 4 heterocycles. The summed E-state index contributed by atoms with van der Waals surface area (Å²) in [4.78, 5) is 29.7. The van der Waals surface area contributed by atoms with Crippen LogP contribution >= 0.6 is 0 Å². The first-order valence-electron chi connectivity index (χ1n) is 8.43. The smallest absolute Gasteiger partial charge is 0.328 e. The summed E-state index contributed by atoms with van der Waals surface area (Å²) in [6, 6.07) is 2.15. The number of urea groups is 1. The van der Waals surface area contributed by atoms with E-state index in [0.717, 1.165) is 48.2 Å². The minimum atomic E-state index is -0.368. The highest BCUT2D eigenvalue weighted by atomic mass is 16.2. The maximum atomic E-state index is 12.2. The van der Waals surface area contributed by atoms with Crippen LogP contribution in [0.2, 0.25) is 0 Å². The molecule has 0 radical (unpaired) electrons. The van der Waals surface area contributed by atoms with Gasteiger partial charge in [-0.2, -0.15) is 0 Å². The Balaban J connectivity index is 1.78. The first-order valence-corrected chi connectivity index (χ1v) is 8.43.